The van der Waals surface area contributed by atoms with Gasteiger partial charge in [0.05, 0.1) is 22.9 Å². The summed E-state index contributed by atoms with van der Waals surface area (Å²) < 4.78 is 52.8. The fourth-order valence-electron chi connectivity index (χ4n) is 5.69. The van der Waals surface area contributed by atoms with Crippen LogP contribution in [0.1, 0.15) is 65.2 Å². The smallest absolute Gasteiger partial charge is 0.417 e. The lowest BCUT2D eigenvalue weighted by Crippen LogP contribution is -2.55. The fourth-order valence-corrected chi connectivity index (χ4v) is 6.22. The molecule has 0 N–H and O–H groups in total. The van der Waals surface area contributed by atoms with Crippen molar-refractivity contribution in [3.63, 3.8) is 0 Å². The summed E-state index contributed by atoms with van der Waals surface area (Å²) in [5, 5.41) is 9.21. The summed E-state index contributed by atoms with van der Waals surface area (Å²) in [6.45, 7) is 15.9. The van der Waals surface area contributed by atoms with Gasteiger partial charge in [0.25, 0.3) is 5.91 Å². The molecule has 0 aliphatic carbocycles. The van der Waals surface area contributed by atoms with Gasteiger partial charge >= 0.3 is 12.3 Å². The molecule has 2 aromatic rings. The zero-order chi connectivity index (χ0) is 34.2. The molecule has 2 aromatic carbocycles. The number of nitrogens with zero attached hydrogens (tertiary/aromatic N) is 5. The Morgan fingerprint density at radius 1 is 1.11 bits per heavy atom. The number of alkyl halides is 3. The van der Waals surface area contributed by atoms with Gasteiger partial charge in [-0.05, 0) is 102 Å². The van der Waals surface area contributed by atoms with Crippen molar-refractivity contribution in [2.75, 3.05) is 42.6 Å². The van der Waals surface area contributed by atoms with Crippen LogP contribution in [0, 0.1) is 11.3 Å². The van der Waals surface area contributed by atoms with E-state index in [1.54, 1.807) is 35.8 Å². The summed E-state index contributed by atoms with van der Waals surface area (Å²) in [5.74, 6) is 0.189. The molecule has 1 atom stereocenters. The minimum Gasteiger partial charge on any atom is -0.492 e. The van der Waals surface area contributed by atoms with E-state index in [0.717, 1.165) is 22.6 Å². The lowest BCUT2D eigenvalue weighted by atomic mass is 10.0. The Morgan fingerprint density at radius 3 is 2.37 bits per heavy atom. The van der Waals surface area contributed by atoms with Crippen molar-refractivity contribution in [2.24, 2.45) is 0 Å². The van der Waals surface area contributed by atoms with E-state index in [1.165, 1.54) is 6.07 Å². The number of nitriles is 1. The molecule has 2 fully saturated rings. The van der Waals surface area contributed by atoms with Crippen LogP contribution in [0.25, 0.3) is 0 Å². The topological polar surface area (TPSA) is 89.4 Å². The van der Waals surface area contributed by atoms with Gasteiger partial charge in [0.1, 0.15) is 23.5 Å². The average molecular weight is 660 g/mol. The van der Waals surface area contributed by atoms with Gasteiger partial charge in [-0.15, -0.1) is 0 Å². The maximum absolute atomic E-state index is 13.7. The van der Waals surface area contributed by atoms with E-state index in [0.29, 0.717) is 50.6 Å². The van der Waals surface area contributed by atoms with Crippen LogP contribution in [0.4, 0.5) is 29.3 Å². The van der Waals surface area contributed by atoms with E-state index in [2.05, 4.69) is 4.90 Å². The van der Waals surface area contributed by atoms with E-state index in [-0.39, 0.29) is 22.9 Å². The number of rotatable bonds is 7. The van der Waals surface area contributed by atoms with Crippen molar-refractivity contribution in [1.29, 1.82) is 5.26 Å². The Kier molecular flexibility index (Phi) is 9.94. The monoisotopic (exact) mass is 659 g/mol. The second-order valence-electron chi connectivity index (χ2n) is 13.0. The third-order valence-corrected chi connectivity index (χ3v) is 8.41. The normalized spacial score (nSPS) is 19.0. The maximum Gasteiger partial charge on any atom is 0.417 e. The Hall–Kier alpha value is -3.89. The quantitative estimate of drug-likeness (QED) is 0.317. The first-order valence-electron chi connectivity index (χ1n) is 15.2. The maximum atomic E-state index is 13.7. The van der Waals surface area contributed by atoms with E-state index >= 15 is 0 Å². The standard InChI is InChI=1S/C33H40F3N5O4S/c1-8-22-17-25(11-12-27(22)44-16-15-38-13-14-39(21(2)20-38)30(43)45-31(3,4)5)41-29(46)40(28(42)32(41,6)7)24-10-9-23(19-37)26(18-24)33(34,35)36/h9-12,17-18,21H,8,13-16,20H2,1-7H3/t21-/m0/s1. The highest BCUT2D eigenvalue weighted by molar-refractivity contribution is 7.81. The second-order valence-corrected chi connectivity index (χ2v) is 13.3. The summed E-state index contributed by atoms with van der Waals surface area (Å²) >= 11 is 5.68. The Bertz CT molecular complexity index is 1550. The van der Waals surface area contributed by atoms with Crippen LogP contribution in [0.2, 0.25) is 0 Å². The molecule has 9 nitrogen and oxygen atoms in total. The summed E-state index contributed by atoms with van der Waals surface area (Å²) in [5.41, 5.74) is -2.00. The molecule has 4 rings (SSSR count). The number of ether oxygens (including phenoxy) is 2. The van der Waals surface area contributed by atoms with E-state index in [9.17, 15) is 28.0 Å². The molecule has 0 saturated carbocycles. The van der Waals surface area contributed by atoms with Crippen molar-refractivity contribution in [2.45, 2.75) is 78.2 Å². The number of amides is 2. The molecule has 2 saturated heterocycles. The van der Waals surface area contributed by atoms with Crippen LogP contribution >= 0.6 is 12.2 Å². The van der Waals surface area contributed by atoms with Gasteiger partial charge in [-0.3, -0.25) is 14.6 Å². The molecule has 0 spiro atoms. The van der Waals surface area contributed by atoms with Crippen LogP contribution in [0.5, 0.6) is 5.75 Å². The highest BCUT2D eigenvalue weighted by atomic mass is 32.1. The summed E-state index contributed by atoms with van der Waals surface area (Å²) in [4.78, 5) is 32.8. The summed E-state index contributed by atoms with van der Waals surface area (Å²) in [6, 6.07) is 10.2. The number of piperazine rings is 1. The predicted molar refractivity (Wildman–Crippen MR) is 173 cm³/mol. The molecule has 0 unspecified atom stereocenters. The summed E-state index contributed by atoms with van der Waals surface area (Å²) in [6.07, 6.45) is -4.46. The molecular weight excluding hydrogens is 619 g/mol. The number of thiocarbonyl (C=S) groups is 1. The Labute approximate surface area is 273 Å². The zero-order valence-electron chi connectivity index (χ0n) is 27.2. The first-order valence-corrected chi connectivity index (χ1v) is 15.6. The van der Waals surface area contributed by atoms with E-state index in [1.807, 2.05) is 46.8 Å². The number of halogens is 3. The molecule has 0 aromatic heterocycles. The van der Waals surface area contributed by atoms with Crippen LogP contribution in [-0.2, 0) is 22.1 Å². The highest BCUT2D eigenvalue weighted by Gasteiger charge is 2.51. The predicted octanol–water partition coefficient (Wildman–Crippen LogP) is 6.38. The molecule has 2 amide bonds. The third-order valence-electron chi connectivity index (χ3n) is 8.04. The van der Waals surface area contributed by atoms with Crippen molar-refractivity contribution >= 4 is 40.7 Å². The molecule has 248 valence electrons. The number of hydrogen-bond acceptors (Lipinski definition) is 7. The van der Waals surface area contributed by atoms with Gasteiger partial charge in [0.2, 0.25) is 0 Å². The van der Waals surface area contributed by atoms with Crippen molar-refractivity contribution in [3.8, 4) is 11.8 Å². The number of hydrogen-bond donors (Lipinski definition) is 0. The number of aryl methyl sites for hydroxylation is 1. The van der Waals surface area contributed by atoms with Crippen molar-refractivity contribution < 1.29 is 32.2 Å². The van der Waals surface area contributed by atoms with Gasteiger partial charge in [-0.1, -0.05) is 6.92 Å². The van der Waals surface area contributed by atoms with Crippen LogP contribution in [0.3, 0.4) is 0 Å². The van der Waals surface area contributed by atoms with Gasteiger partial charge < -0.3 is 19.3 Å². The van der Waals surface area contributed by atoms with Gasteiger partial charge in [0.15, 0.2) is 5.11 Å². The molecule has 46 heavy (non-hydrogen) atoms. The lowest BCUT2D eigenvalue weighted by Gasteiger charge is -2.40. The molecular formula is C33H40F3N5O4S. The molecule has 2 aliphatic heterocycles. The Morgan fingerprint density at radius 2 is 1.78 bits per heavy atom. The van der Waals surface area contributed by atoms with Crippen LogP contribution in [-0.4, -0.2) is 76.9 Å². The molecule has 0 radical (unpaired) electrons. The van der Waals surface area contributed by atoms with Gasteiger partial charge in [-0.25, -0.2) is 4.79 Å². The third kappa shape index (κ3) is 7.23. The summed E-state index contributed by atoms with van der Waals surface area (Å²) in [7, 11) is 0. The van der Waals surface area contributed by atoms with Crippen LogP contribution in [0.15, 0.2) is 36.4 Å². The average Bonchev–Trinajstić information content (AvgIpc) is 3.14. The number of carbonyl (C=O) groups excluding carboxylic acids is 2. The van der Waals surface area contributed by atoms with Crippen molar-refractivity contribution in [3.05, 3.63) is 53.1 Å². The first kappa shape index (κ1) is 35.0. The van der Waals surface area contributed by atoms with Crippen molar-refractivity contribution in [1.82, 2.24) is 9.80 Å². The lowest BCUT2D eigenvalue weighted by molar-refractivity contribution is -0.137. The van der Waals surface area contributed by atoms with Crippen LogP contribution < -0.4 is 14.5 Å². The molecule has 2 heterocycles. The largest absolute Gasteiger partial charge is 0.492 e. The fraction of sp³-hybridized carbons (Fsp3) is 0.515. The SMILES string of the molecule is CCc1cc(N2C(=S)N(c3ccc(C#N)c(C(F)(F)F)c3)C(=O)C2(C)C)ccc1OCCN1CCN(C(=O)OC(C)(C)C)[C@@H](C)C1. The first-order chi connectivity index (χ1) is 21.4. The number of anilines is 2. The second kappa shape index (κ2) is 13.1. The highest BCUT2D eigenvalue weighted by Crippen LogP contribution is 2.40. The van der Waals surface area contributed by atoms with E-state index < -0.39 is 34.4 Å². The molecule has 13 heteroatoms. The molecule has 0 bridgehead atoms. The molecule has 2 aliphatic rings. The van der Waals surface area contributed by atoms with Gasteiger partial charge in [0, 0.05) is 37.9 Å². The number of carbonyl (C=O) groups is 2. The number of benzene rings is 2. The van der Waals surface area contributed by atoms with Gasteiger partial charge in [-0.2, -0.15) is 18.4 Å². The van der Waals surface area contributed by atoms with E-state index in [4.69, 9.17) is 21.7 Å². The Balaban J connectivity index is 1.46. The minimum atomic E-state index is -4.78. The minimum absolute atomic E-state index is 0.00616. The zero-order valence-corrected chi connectivity index (χ0v) is 28.0.